The van der Waals surface area contributed by atoms with E-state index < -0.39 is 5.97 Å². The smallest absolute Gasteiger partial charge is 0.335 e. The summed E-state index contributed by atoms with van der Waals surface area (Å²) in [4.78, 5) is 22.2. The molecule has 3 N–H and O–H groups in total. The van der Waals surface area contributed by atoms with Crippen molar-refractivity contribution in [1.29, 1.82) is 0 Å². The van der Waals surface area contributed by atoms with Gasteiger partial charge in [-0.1, -0.05) is 6.92 Å². The van der Waals surface area contributed by atoms with Crippen molar-refractivity contribution in [2.45, 2.75) is 26.7 Å². The fourth-order valence-electron chi connectivity index (χ4n) is 1.66. The van der Waals surface area contributed by atoms with Crippen LogP contribution in [0.2, 0.25) is 0 Å². The number of nitrogens with one attached hydrogen (secondary N) is 2. The van der Waals surface area contributed by atoms with Gasteiger partial charge >= 0.3 is 5.97 Å². The number of anilines is 1. The fourth-order valence-corrected chi connectivity index (χ4v) is 1.66. The fraction of sp³-hybridized carbons (Fsp3) is 0.429. The number of rotatable bonds is 7. The molecule has 0 bridgehead atoms. The van der Waals surface area contributed by atoms with Crippen molar-refractivity contribution < 1.29 is 14.7 Å². The lowest BCUT2D eigenvalue weighted by atomic mass is 10.1. The van der Waals surface area contributed by atoms with Crippen LogP contribution < -0.4 is 10.6 Å². The number of amides is 1. The van der Waals surface area contributed by atoms with Crippen LogP contribution in [-0.4, -0.2) is 30.1 Å². The molecule has 0 aromatic heterocycles. The van der Waals surface area contributed by atoms with Crippen molar-refractivity contribution in [3.05, 3.63) is 29.3 Å². The third kappa shape index (κ3) is 4.99. The molecule has 1 aromatic carbocycles. The molecule has 104 valence electrons. The van der Waals surface area contributed by atoms with Crippen LogP contribution in [0.5, 0.6) is 0 Å². The van der Waals surface area contributed by atoms with Crippen LogP contribution in [-0.2, 0) is 4.79 Å². The highest BCUT2D eigenvalue weighted by Crippen LogP contribution is 2.16. The first-order valence-electron chi connectivity index (χ1n) is 6.39. The van der Waals surface area contributed by atoms with E-state index in [9.17, 15) is 9.59 Å². The Morgan fingerprint density at radius 1 is 1.26 bits per heavy atom. The topological polar surface area (TPSA) is 78.4 Å². The van der Waals surface area contributed by atoms with E-state index in [0.29, 0.717) is 19.5 Å². The molecule has 0 aliphatic heterocycles. The highest BCUT2D eigenvalue weighted by molar-refractivity contribution is 5.88. The molecule has 0 unspecified atom stereocenters. The first kappa shape index (κ1) is 15.0. The number of hydrogen-bond acceptors (Lipinski definition) is 3. The van der Waals surface area contributed by atoms with Gasteiger partial charge in [-0.05, 0) is 37.1 Å². The maximum absolute atomic E-state index is 11.4. The summed E-state index contributed by atoms with van der Waals surface area (Å²) in [5, 5.41) is 14.8. The zero-order valence-electron chi connectivity index (χ0n) is 11.3. The Hall–Kier alpha value is -2.04. The highest BCUT2D eigenvalue weighted by Gasteiger charge is 2.06. The van der Waals surface area contributed by atoms with Gasteiger partial charge < -0.3 is 15.7 Å². The summed E-state index contributed by atoms with van der Waals surface area (Å²) in [5.74, 6) is -0.914. The molecule has 5 nitrogen and oxygen atoms in total. The van der Waals surface area contributed by atoms with Gasteiger partial charge in [-0.15, -0.1) is 0 Å². The van der Waals surface area contributed by atoms with Crippen molar-refractivity contribution in [3.8, 4) is 0 Å². The van der Waals surface area contributed by atoms with Gasteiger partial charge in [0.2, 0.25) is 5.91 Å². The molecule has 0 radical (unpaired) electrons. The van der Waals surface area contributed by atoms with Crippen molar-refractivity contribution in [3.63, 3.8) is 0 Å². The van der Waals surface area contributed by atoms with E-state index in [-0.39, 0.29) is 11.5 Å². The summed E-state index contributed by atoms with van der Waals surface area (Å²) in [6.45, 7) is 5.08. The largest absolute Gasteiger partial charge is 0.478 e. The SMILES string of the molecule is CCCNC(=O)CCNc1ccc(C(=O)O)cc1C. The molecule has 0 saturated carbocycles. The number of aryl methyl sites for hydroxylation is 1. The first-order chi connectivity index (χ1) is 9.04. The highest BCUT2D eigenvalue weighted by atomic mass is 16.4. The maximum atomic E-state index is 11.4. The molecule has 1 amide bonds. The van der Waals surface area contributed by atoms with E-state index in [1.807, 2.05) is 13.8 Å². The molecular formula is C14H20N2O3. The molecule has 1 rings (SSSR count). The predicted molar refractivity (Wildman–Crippen MR) is 74.5 cm³/mol. The van der Waals surface area contributed by atoms with E-state index in [4.69, 9.17) is 5.11 Å². The van der Waals surface area contributed by atoms with Gasteiger partial charge in [0.1, 0.15) is 0 Å². The minimum Gasteiger partial charge on any atom is -0.478 e. The summed E-state index contributed by atoms with van der Waals surface area (Å²) >= 11 is 0. The summed E-state index contributed by atoms with van der Waals surface area (Å²) in [6.07, 6.45) is 1.33. The number of carbonyl (C=O) groups excluding carboxylic acids is 1. The Labute approximate surface area is 113 Å². The number of benzene rings is 1. The number of carboxylic acid groups (broad SMARTS) is 1. The van der Waals surface area contributed by atoms with Gasteiger partial charge in [0.25, 0.3) is 0 Å². The van der Waals surface area contributed by atoms with E-state index >= 15 is 0 Å². The Balaban J connectivity index is 2.45. The summed E-state index contributed by atoms with van der Waals surface area (Å²) in [5.41, 5.74) is 1.98. The Bertz CT molecular complexity index is 458. The molecule has 0 fully saturated rings. The number of aromatic carboxylic acids is 1. The summed E-state index contributed by atoms with van der Waals surface area (Å²) in [7, 11) is 0. The van der Waals surface area contributed by atoms with Crippen LogP contribution in [0.3, 0.4) is 0 Å². The van der Waals surface area contributed by atoms with Crippen molar-refractivity contribution in [2.75, 3.05) is 18.4 Å². The zero-order chi connectivity index (χ0) is 14.3. The van der Waals surface area contributed by atoms with Crippen molar-refractivity contribution in [1.82, 2.24) is 5.32 Å². The Kier molecular flexibility index (Phi) is 5.85. The summed E-state index contributed by atoms with van der Waals surface area (Å²) < 4.78 is 0. The van der Waals surface area contributed by atoms with Crippen LogP contribution in [0.1, 0.15) is 35.7 Å². The average molecular weight is 264 g/mol. The van der Waals surface area contributed by atoms with Crippen LogP contribution in [0.15, 0.2) is 18.2 Å². The van der Waals surface area contributed by atoms with Gasteiger partial charge in [0, 0.05) is 25.2 Å². The maximum Gasteiger partial charge on any atom is 0.335 e. The van der Waals surface area contributed by atoms with Gasteiger partial charge in [0.05, 0.1) is 5.56 Å². The number of carboxylic acids is 1. The predicted octanol–water partition coefficient (Wildman–Crippen LogP) is 2.02. The third-order valence-electron chi connectivity index (χ3n) is 2.71. The van der Waals surface area contributed by atoms with Gasteiger partial charge in [0.15, 0.2) is 0 Å². The zero-order valence-corrected chi connectivity index (χ0v) is 11.3. The van der Waals surface area contributed by atoms with E-state index in [1.165, 1.54) is 0 Å². The molecular weight excluding hydrogens is 244 g/mol. The lowest BCUT2D eigenvalue weighted by molar-refractivity contribution is -0.120. The second-order valence-corrected chi connectivity index (χ2v) is 4.36. The minimum atomic E-state index is -0.936. The van der Waals surface area contributed by atoms with E-state index in [0.717, 1.165) is 17.7 Å². The molecule has 0 aliphatic carbocycles. The molecule has 5 heteroatoms. The van der Waals surface area contributed by atoms with Crippen LogP contribution in [0.25, 0.3) is 0 Å². The van der Waals surface area contributed by atoms with E-state index in [2.05, 4.69) is 10.6 Å². The molecule has 0 atom stereocenters. The van der Waals surface area contributed by atoms with Gasteiger partial charge in [-0.3, -0.25) is 4.79 Å². The molecule has 0 aliphatic rings. The minimum absolute atomic E-state index is 0.0224. The normalized spacial score (nSPS) is 10.0. The first-order valence-corrected chi connectivity index (χ1v) is 6.39. The van der Waals surface area contributed by atoms with Crippen LogP contribution >= 0.6 is 0 Å². The van der Waals surface area contributed by atoms with Crippen LogP contribution in [0.4, 0.5) is 5.69 Å². The lowest BCUT2D eigenvalue weighted by Crippen LogP contribution is -2.25. The molecule has 19 heavy (non-hydrogen) atoms. The lowest BCUT2D eigenvalue weighted by Gasteiger charge is -2.10. The molecule has 1 aromatic rings. The second-order valence-electron chi connectivity index (χ2n) is 4.36. The third-order valence-corrected chi connectivity index (χ3v) is 2.71. The van der Waals surface area contributed by atoms with Crippen molar-refractivity contribution >= 4 is 17.6 Å². The quantitative estimate of drug-likeness (QED) is 0.704. The number of carbonyl (C=O) groups is 2. The van der Waals surface area contributed by atoms with Gasteiger partial charge in [-0.25, -0.2) is 4.79 Å². The van der Waals surface area contributed by atoms with Gasteiger partial charge in [-0.2, -0.15) is 0 Å². The summed E-state index contributed by atoms with van der Waals surface area (Å²) in [6, 6.07) is 4.89. The monoisotopic (exact) mass is 264 g/mol. The second kappa shape index (κ2) is 7.41. The van der Waals surface area contributed by atoms with Crippen molar-refractivity contribution in [2.24, 2.45) is 0 Å². The Morgan fingerprint density at radius 2 is 2.00 bits per heavy atom. The van der Waals surface area contributed by atoms with Crippen LogP contribution in [0, 0.1) is 6.92 Å². The standard InChI is InChI=1S/C14H20N2O3/c1-3-7-16-13(17)6-8-15-12-5-4-11(14(18)19)9-10(12)2/h4-5,9,15H,3,6-8H2,1-2H3,(H,16,17)(H,18,19). The Morgan fingerprint density at radius 3 is 2.58 bits per heavy atom. The molecule has 0 saturated heterocycles. The molecule has 0 spiro atoms. The van der Waals surface area contributed by atoms with E-state index in [1.54, 1.807) is 18.2 Å². The molecule has 0 heterocycles. The number of hydrogen-bond donors (Lipinski definition) is 3. The average Bonchev–Trinajstić information content (AvgIpc) is 2.38.